The van der Waals surface area contributed by atoms with Crippen molar-refractivity contribution in [1.82, 2.24) is 4.98 Å². The molecule has 0 saturated heterocycles. The third-order valence-corrected chi connectivity index (χ3v) is 4.19. The second kappa shape index (κ2) is 5.16. The Hall–Kier alpha value is -1.26. The molecule has 1 heterocycles. The Balaban J connectivity index is 2.19. The van der Waals surface area contributed by atoms with Crippen LogP contribution in [0.3, 0.4) is 0 Å². The summed E-state index contributed by atoms with van der Waals surface area (Å²) in [6.45, 7) is 5.95. The van der Waals surface area contributed by atoms with Crippen LogP contribution in [-0.4, -0.2) is 4.98 Å². The lowest BCUT2D eigenvalue weighted by molar-refractivity contribution is 0.622. The maximum atomic E-state index is 13.0. The van der Waals surface area contributed by atoms with Crippen molar-refractivity contribution in [3.63, 3.8) is 0 Å². The highest BCUT2D eigenvalue weighted by Gasteiger charge is 2.13. The van der Waals surface area contributed by atoms with Gasteiger partial charge in [-0.15, -0.1) is 11.3 Å². The molecule has 0 aliphatic heterocycles. The van der Waals surface area contributed by atoms with Gasteiger partial charge in [0.15, 0.2) is 0 Å². The summed E-state index contributed by atoms with van der Waals surface area (Å²) in [5.41, 5.74) is 9.13. The molecule has 1 unspecified atom stereocenters. The Morgan fingerprint density at radius 2 is 2.06 bits per heavy atom. The van der Waals surface area contributed by atoms with Crippen molar-refractivity contribution in [2.45, 2.75) is 33.2 Å². The van der Waals surface area contributed by atoms with E-state index in [9.17, 15) is 4.39 Å². The lowest BCUT2D eigenvalue weighted by atomic mass is 10.00. The molecule has 0 amide bonds. The van der Waals surface area contributed by atoms with Gasteiger partial charge in [0.2, 0.25) is 0 Å². The molecule has 2 nitrogen and oxygen atoms in total. The summed E-state index contributed by atoms with van der Waals surface area (Å²) in [5, 5.41) is 1.04. The Labute approximate surface area is 111 Å². The van der Waals surface area contributed by atoms with Crippen molar-refractivity contribution in [2.24, 2.45) is 5.73 Å². The van der Waals surface area contributed by atoms with Crippen LogP contribution in [0.5, 0.6) is 0 Å². The number of benzene rings is 1. The number of nitrogens with two attached hydrogens (primary N) is 1. The highest BCUT2D eigenvalue weighted by molar-refractivity contribution is 7.11. The third kappa shape index (κ3) is 2.76. The number of aromatic nitrogens is 1. The molecule has 0 saturated carbocycles. The summed E-state index contributed by atoms with van der Waals surface area (Å²) in [6.07, 6.45) is 0.700. The van der Waals surface area contributed by atoms with E-state index in [4.69, 9.17) is 5.73 Å². The van der Waals surface area contributed by atoms with Crippen molar-refractivity contribution < 1.29 is 4.39 Å². The summed E-state index contributed by atoms with van der Waals surface area (Å²) >= 11 is 1.68. The van der Waals surface area contributed by atoms with Gasteiger partial charge < -0.3 is 5.73 Å². The molecular formula is C14H17FN2S. The standard InChI is InChI=1S/C14H17FN2S/c1-8-6-11(15)4-5-12(8)13(16)7-14-17-9(2)10(3)18-14/h4-6,13H,7,16H2,1-3H3. The van der Waals surface area contributed by atoms with Crippen LogP contribution in [0.25, 0.3) is 0 Å². The van der Waals surface area contributed by atoms with Crippen LogP contribution >= 0.6 is 11.3 Å². The van der Waals surface area contributed by atoms with Crippen molar-refractivity contribution in [2.75, 3.05) is 0 Å². The summed E-state index contributed by atoms with van der Waals surface area (Å²) < 4.78 is 13.0. The van der Waals surface area contributed by atoms with Gasteiger partial charge in [0.1, 0.15) is 5.82 Å². The minimum absolute atomic E-state index is 0.129. The summed E-state index contributed by atoms with van der Waals surface area (Å²) in [6, 6.07) is 4.62. The molecule has 0 aliphatic carbocycles. The van der Waals surface area contributed by atoms with Crippen LogP contribution in [0.4, 0.5) is 4.39 Å². The number of nitrogens with zero attached hydrogens (tertiary/aromatic N) is 1. The van der Waals surface area contributed by atoms with Gasteiger partial charge in [0, 0.05) is 17.3 Å². The molecule has 96 valence electrons. The highest BCUT2D eigenvalue weighted by atomic mass is 32.1. The topological polar surface area (TPSA) is 38.9 Å². The van der Waals surface area contributed by atoms with Crippen molar-refractivity contribution in [3.05, 3.63) is 50.7 Å². The molecule has 1 atom stereocenters. The minimum Gasteiger partial charge on any atom is -0.324 e. The summed E-state index contributed by atoms with van der Waals surface area (Å²) in [4.78, 5) is 5.72. The van der Waals surface area contributed by atoms with E-state index in [1.165, 1.54) is 17.0 Å². The number of thiazole rings is 1. The molecule has 2 aromatic rings. The van der Waals surface area contributed by atoms with Crippen molar-refractivity contribution in [3.8, 4) is 0 Å². The van der Waals surface area contributed by atoms with Gasteiger partial charge in [0.05, 0.1) is 10.7 Å². The number of halogens is 1. The molecule has 2 N–H and O–H groups in total. The Bertz CT molecular complexity index is 543. The highest BCUT2D eigenvalue weighted by Crippen LogP contribution is 2.24. The van der Waals surface area contributed by atoms with Crippen LogP contribution in [0.1, 0.15) is 32.7 Å². The van der Waals surface area contributed by atoms with Crippen LogP contribution in [-0.2, 0) is 6.42 Å². The monoisotopic (exact) mass is 264 g/mol. The number of hydrogen-bond acceptors (Lipinski definition) is 3. The van der Waals surface area contributed by atoms with E-state index in [1.807, 2.05) is 13.8 Å². The van der Waals surface area contributed by atoms with E-state index >= 15 is 0 Å². The molecule has 0 spiro atoms. The van der Waals surface area contributed by atoms with E-state index in [0.717, 1.165) is 21.8 Å². The largest absolute Gasteiger partial charge is 0.324 e. The van der Waals surface area contributed by atoms with E-state index in [2.05, 4.69) is 11.9 Å². The van der Waals surface area contributed by atoms with Gasteiger partial charge in [-0.2, -0.15) is 0 Å². The van der Waals surface area contributed by atoms with Crippen LogP contribution in [0.2, 0.25) is 0 Å². The fourth-order valence-electron chi connectivity index (χ4n) is 1.98. The number of hydrogen-bond donors (Lipinski definition) is 1. The first kappa shape index (κ1) is 13.2. The van der Waals surface area contributed by atoms with E-state index in [1.54, 1.807) is 17.4 Å². The third-order valence-electron chi connectivity index (χ3n) is 3.10. The van der Waals surface area contributed by atoms with Gasteiger partial charge >= 0.3 is 0 Å². The van der Waals surface area contributed by atoms with Crippen molar-refractivity contribution in [1.29, 1.82) is 0 Å². The van der Waals surface area contributed by atoms with Crippen molar-refractivity contribution >= 4 is 11.3 Å². The number of rotatable bonds is 3. The zero-order chi connectivity index (χ0) is 13.3. The van der Waals surface area contributed by atoms with Crippen LogP contribution in [0, 0.1) is 26.6 Å². The van der Waals surface area contributed by atoms with E-state index in [0.29, 0.717) is 6.42 Å². The first-order valence-corrected chi connectivity index (χ1v) is 6.73. The molecule has 0 radical (unpaired) electrons. The lowest BCUT2D eigenvalue weighted by Crippen LogP contribution is -2.14. The predicted octanol–water partition coefficient (Wildman–Crippen LogP) is 3.45. The normalized spacial score (nSPS) is 12.7. The zero-order valence-corrected chi connectivity index (χ0v) is 11.6. The average Bonchev–Trinajstić information content (AvgIpc) is 2.57. The van der Waals surface area contributed by atoms with Gasteiger partial charge in [0.25, 0.3) is 0 Å². The molecule has 4 heteroatoms. The molecule has 1 aromatic carbocycles. The lowest BCUT2D eigenvalue weighted by Gasteiger charge is -2.13. The van der Waals surface area contributed by atoms with Gasteiger partial charge in [-0.1, -0.05) is 6.07 Å². The maximum absolute atomic E-state index is 13.0. The van der Waals surface area contributed by atoms with E-state index < -0.39 is 0 Å². The fraction of sp³-hybridized carbons (Fsp3) is 0.357. The average molecular weight is 264 g/mol. The second-order valence-electron chi connectivity index (χ2n) is 4.56. The quantitative estimate of drug-likeness (QED) is 0.922. The minimum atomic E-state index is -0.218. The SMILES string of the molecule is Cc1cc(F)ccc1C(N)Cc1nc(C)c(C)s1. The predicted molar refractivity (Wildman–Crippen MR) is 73.4 cm³/mol. The smallest absolute Gasteiger partial charge is 0.123 e. The zero-order valence-electron chi connectivity index (χ0n) is 10.8. The van der Waals surface area contributed by atoms with E-state index in [-0.39, 0.29) is 11.9 Å². The van der Waals surface area contributed by atoms with Crippen LogP contribution in [0.15, 0.2) is 18.2 Å². The first-order valence-electron chi connectivity index (χ1n) is 5.92. The summed E-state index contributed by atoms with van der Waals surface area (Å²) in [7, 11) is 0. The molecular weight excluding hydrogens is 247 g/mol. The van der Waals surface area contributed by atoms with Gasteiger partial charge in [-0.05, 0) is 44.0 Å². The molecule has 18 heavy (non-hydrogen) atoms. The van der Waals surface area contributed by atoms with Gasteiger partial charge in [-0.3, -0.25) is 0 Å². The summed E-state index contributed by atoms with van der Waals surface area (Å²) in [5.74, 6) is -0.218. The molecule has 2 rings (SSSR count). The molecule has 1 aromatic heterocycles. The maximum Gasteiger partial charge on any atom is 0.123 e. The van der Waals surface area contributed by atoms with Gasteiger partial charge in [-0.25, -0.2) is 9.37 Å². The Kier molecular flexibility index (Phi) is 3.78. The fourth-order valence-corrected chi connectivity index (χ4v) is 2.97. The molecule has 0 aliphatic rings. The van der Waals surface area contributed by atoms with Crippen LogP contribution < -0.4 is 5.73 Å². The Morgan fingerprint density at radius 3 is 2.61 bits per heavy atom. The number of aryl methyl sites for hydroxylation is 3. The second-order valence-corrected chi connectivity index (χ2v) is 5.85. The molecule has 0 bridgehead atoms. The molecule has 0 fully saturated rings. The first-order chi connectivity index (χ1) is 8.47. The Morgan fingerprint density at radius 1 is 1.33 bits per heavy atom.